The van der Waals surface area contributed by atoms with E-state index >= 15 is 0 Å². The van der Waals surface area contributed by atoms with Crippen LogP contribution in [0.25, 0.3) is 27.5 Å². The molecule has 3 heterocycles. The lowest BCUT2D eigenvalue weighted by molar-refractivity contribution is 0.0719. The minimum Gasteiger partial charge on any atom is -0.420 e. The maximum atomic E-state index is 14.1. The molecule has 2 aromatic heterocycles. The molecule has 0 aliphatic carbocycles. The largest absolute Gasteiger partial charge is 0.420 e. The van der Waals surface area contributed by atoms with Gasteiger partial charge in [0.1, 0.15) is 5.82 Å². The number of halogens is 1. The van der Waals surface area contributed by atoms with Gasteiger partial charge >= 0.3 is 5.97 Å². The molecule has 0 saturated carbocycles. The lowest BCUT2D eigenvalue weighted by atomic mass is 9.95. The summed E-state index contributed by atoms with van der Waals surface area (Å²) in [5.41, 5.74) is 3.61. The maximum Gasteiger partial charge on any atom is 0.343 e. The summed E-state index contributed by atoms with van der Waals surface area (Å²) in [6.07, 6.45) is 2.11. The Bertz CT molecular complexity index is 1790. The Labute approximate surface area is 243 Å². The highest BCUT2D eigenvalue weighted by molar-refractivity contribution is 6.06. The normalized spacial score (nSPS) is 14.5. The van der Waals surface area contributed by atoms with Crippen molar-refractivity contribution in [1.82, 2.24) is 14.3 Å². The molecule has 0 amide bonds. The van der Waals surface area contributed by atoms with E-state index in [2.05, 4.69) is 4.57 Å². The number of ether oxygens (including phenoxy) is 2. The number of aromatic nitrogens is 3. The SMILES string of the molecule is CCc1nn(C(=O)C(C)(C)C)c2cc3c(OC(=O)c4ccccc4)c(C4CCOCC4)n(-c4ccc(F)cc4)c3cc12. The van der Waals surface area contributed by atoms with Crippen molar-refractivity contribution in [2.24, 2.45) is 5.41 Å². The average molecular weight is 568 g/mol. The number of fused-ring (bicyclic) bond motifs is 2. The monoisotopic (exact) mass is 567 g/mol. The van der Waals surface area contributed by atoms with Gasteiger partial charge in [-0.3, -0.25) is 4.79 Å². The molecule has 1 fully saturated rings. The molecule has 0 N–H and O–H groups in total. The molecule has 1 aliphatic rings. The first-order valence-corrected chi connectivity index (χ1v) is 14.4. The molecule has 6 rings (SSSR count). The first kappa shape index (κ1) is 27.8. The first-order chi connectivity index (χ1) is 20.2. The summed E-state index contributed by atoms with van der Waals surface area (Å²) < 4.78 is 29.6. The molecule has 0 unspecified atom stereocenters. The number of rotatable bonds is 5. The highest BCUT2D eigenvalue weighted by atomic mass is 19.1. The second-order valence-corrected chi connectivity index (χ2v) is 11.8. The summed E-state index contributed by atoms with van der Waals surface area (Å²) in [5, 5.41) is 6.26. The third-order valence-corrected chi connectivity index (χ3v) is 7.90. The van der Waals surface area contributed by atoms with E-state index in [1.165, 1.54) is 16.8 Å². The lowest BCUT2D eigenvalue weighted by Crippen LogP contribution is -2.27. The highest BCUT2D eigenvalue weighted by Crippen LogP contribution is 2.45. The topological polar surface area (TPSA) is 75.3 Å². The summed E-state index contributed by atoms with van der Waals surface area (Å²) in [5.74, 6) is -0.480. The van der Waals surface area contributed by atoms with Crippen molar-refractivity contribution in [2.75, 3.05) is 13.2 Å². The zero-order valence-corrected chi connectivity index (χ0v) is 24.3. The van der Waals surface area contributed by atoms with Gasteiger partial charge in [-0.25, -0.2) is 9.18 Å². The number of esters is 1. The molecule has 0 radical (unpaired) electrons. The fraction of sp³-hybridized carbons (Fsp3) is 0.324. The van der Waals surface area contributed by atoms with Gasteiger partial charge in [0.15, 0.2) is 5.75 Å². The Hall–Kier alpha value is -4.30. The van der Waals surface area contributed by atoms with Crippen molar-refractivity contribution in [3.8, 4) is 11.4 Å². The van der Waals surface area contributed by atoms with Crippen LogP contribution in [-0.2, 0) is 11.2 Å². The van der Waals surface area contributed by atoms with Crippen molar-refractivity contribution >= 4 is 33.7 Å². The number of aryl methyl sites for hydroxylation is 1. The fourth-order valence-corrected chi connectivity index (χ4v) is 5.72. The quantitative estimate of drug-likeness (QED) is 0.206. The lowest BCUT2D eigenvalue weighted by Gasteiger charge is -2.25. The molecule has 3 aromatic carbocycles. The Morgan fingerprint density at radius 3 is 2.29 bits per heavy atom. The van der Waals surface area contributed by atoms with E-state index in [-0.39, 0.29) is 17.6 Å². The van der Waals surface area contributed by atoms with Gasteiger partial charge in [-0.1, -0.05) is 45.9 Å². The van der Waals surface area contributed by atoms with Gasteiger partial charge in [0.05, 0.1) is 28.0 Å². The van der Waals surface area contributed by atoms with Gasteiger partial charge in [-0.05, 0) is 67.8 Å². The Kier molecular flexibility index (Phi) is 7.19. The molecule has 216 valence electrons. The molecule has 7 nitrogen and oxygen atoms in total. The molecule has 0 atom stereocenters. The average Bonchev–Trinajstić information content (AvgIpc) is 3.51. The van der Waals surface area contributed by atoms with Crippen LogP contribution in [0.4, 0.5) is 4.39 Å². The number of benzene rings is 3. The van der Waals surface area contributed by atoms with Crippen LogP contribution in [0.5, 0.6) is 5.75 Å². The van der Waals surface area contributed by atoms with E-state index < -0.39 is 11.4 Å². The Morgan fingerprint density at radius 2 is 1.64 bits per heavy atom. The summed E-state index contributed by atoms with van der Waals surface area (Å²) in [6, 6.07) is 19.1. The number of carbonyl (C=O) groups is 2. The Morgan fingerprint density at radius 1 is 0.976 bits per heavy atom. The first-order valence-electron chi connectivity index (χ1n) is 14.4. The molecule has 1 aliphatic heterocycles. The van der Waals surface area contributed by atoms with Crippen molar-refractivity contribution in [3.05, 3.63) is 89.5 Å². The molecular weight excluding hydrogens is 533 g/mol. The van der Waals surface area contributed by atoms with Crippen LogP contribution in [0.3, 0.4) is 0 Å². The third kappa shape index (κ3) is 4.90. The zero-order valence-electron chi connectivity index (χ0n) is 24.3. The summed E-state index contributed by atoms with van der Waals surface area (Å²) >= 11 is 0. The smallest absolute Gasteiger partial charge is 0.343 e. The molecule has 1 saturated heterocycles. The maximum absolute atomic E-state index is 14.1. The second-order valence-electron chi connectivity index (χ2n) is 11.8. The Balaban J connectivity index is 1.69. The molecule has 0 spiro atoms. The van der Waals surface area contributed by atoms with Gasteiger partial charge in [0, 0.05) is 41.0 Å². The minimum atomic E-state index is -0.658. The number of nitrogens with zero attached hydrogens (tertiary/aromatic N) is 3. The van der Waals surface area contributed by atoms with Gasteiger partial charge in [-0.2, -0.15) is 9.78 Å². The zero-order chi connectivity index (χ0) is 29.6. The van der Waals surface area contributed by atoms with Crippen molar-refractivity contribution in [2.45, 2.75) is 52.9 Å². The van der Waals surface area contributed by atoms with E-state index in [1.54, 1.807) is 36.4 Å². The van der Waals surface area contributed by atoms with E-state index in [0.717, 1.165) is 40.8 Å². The van der Waals surface area contributed by atoms with Gasteiger partial charge in [-0.15, -0.1) is 0 Å². The van der Waals surface area contributed by atoms with Gasteiger partial charge < -0.3 is 14.0 Å². The summed E-state index contributed by atoms with van der Waals surface area (Å²) in [6.45, 7) is 8.78. The van der Waals surface area contributed by atoms with E-state index in [9.17, 15) is 14.0 Å². The van der Waals surface area contributed by atoms with Gasteiger partial charge in [0.25, 0.3) is 5.91 Å². The van der Waals surface area contributed by atoms with Crippen LogP contribution < -0.4 is 4.74 Å². The summed E-state index contributed by atoms with van der Waals surface area (Å²) in [7, 11) is 0. The standard InChI is InChI=1S/C34H34FN3O4/c1-5-27-25-19-28-26(20-29(25)38(36-27)33(40)34(2,3)4)31(42-32(39)22-9-7-6-8-10-22)30(21-15-17-41-18-16-21)37(28)24-13-11-23(35)12-14-24/h6-14,19-21H,5,15-18H2,1-4H3. The molecule has 0 bridgehead atoms. The number of hydrogen-bond donors (Lipinski definition) is 0. The van der Waals surface area contributed by atoms with E-state index in [1.807, 2.05) is 45.9 Å². The van der Waals surface area contributed by atoms with Crippen LogP contribution in [0, 0.1) is 11.2 Å². The van der Waals surface area contributed by atoms with Crippen molar-refractivity contribution < 1.29 is 23.5 Å². The van der Waals surface area contributed by atoms with E-state index in [4.69, 9.17) is 14.6 Å². The van der Waals surface area contributed by atoms with Crippen LogP contribution in [0.15, 0.2) is 66.7 Å². The second kappa shape index (κ2) is 10.8. The van der Waals surface area contributed by atoms with Crippen LogP contribution in [0.2, 0.25) is 0 Å². The molecule has 8 heteroatoms. The number of carbonyl (C=O) groups excluding carboxylic acids is 2. The van der Waals surface area contributed by atoms with Crippen molar-refractivity contribution in [1.29, 1.82) is 0 Å². The molecular formula is C34H34FN3O4. The molecule has 42 heavy (non-hydrogen) atoms. The predicted octanol–water partition coefficient (Wildman–Crippen LogP) is 7.48. The summed E-state index contributed by atoms with van der Waals surface area (Å²) in [4.78, 5) is 27.1. The highest BCUT2D eigenvalue weighted by Gasteiger charge is 2.32. The molecule has 5 aromatic rings. The van der Waals surface area contributed by atoms with Crippen LogP contribution in [-0.4, -0.2) is 39.4 Å². The van der Waals surface area contributed by atoms with Crippen LogP contribution in [0.1, 0.15) is 73.0 Å². The minimum absolute atomic E-state index is 0.0243. The van der Waals surface area contributed by atoms with E-state index in [0.29, 0.717) is 41.9 Å². The third-order valence-electron chi connectivity index (χ3n) is 7.90. The predicted molar refractivity (Wildman–Crippen MR) is 160 cm³/mol. The van der Waals surface area contributed by atoms with Crippen LogP contribution >= 0.6 is 0 Å². The van der Waals surface area contributed by atoms with Gasteiger partial charge in [0.2, 0.25) is 0 Å². The van der Waals surface area contributed by atoms with Crippen molar-refractivity contribution in [3.63, 3.8) is 0 Å². The fourth-order valence-electron chi connectivity index (χ4n) is 5.72. The number of hydrogen-bond acceptors (Lipinski definition) is 5.